The number of fused-ring (bicyclic) bond motifs is 1. The molecule has 0 aliphatic carbocycles. The van der Waals surface area contributed by atoms with Gasteiger partial charge in [0.1, 0.15) is 18.2 Å². The van der Waals surface area contributed by atoms with Crippen molar-refractivity contribution in [3.63, 3.8) is 0 Å². The smallest absolute Gasteiger partial charge is 0.266 e. The summed E-state index contributed by atoms with van der Waals surface area (Å²) in [5, 5.41) is 15.2. The van der Waals surface area contributed by atoms with Crippen molar-refractivity contribution in [1.82, 2.24) is 0 Å². The molecule has 6 heteroatoms. The van der Waals surface area contributed by atoms with Gasteiger partial charge in [-0.05, 0) is 71.7 Å². The lowest BCUT2D eigenvalue weighted by molar-refractivity contribution is -0.112. The number of nitriles is 1. The van der Waals surface area contributed by atoms with Crippen LogP contribution in [-0.4, -0.2) is 12.5 Å². The van der Waals surface area contributed by atoms with Crippen molar-refractivity contribution in [2.45, 2.75) is 20.5 Å². The van der Waals surface area contributed by atoms with Crippen LogP contribution >= 0.6 is 11.6 Å². The lowest BCUT2D eigenvalue weighted by Gasteiger charge is -2.14. The van der Waals surface area contributed by atoms with Crippen LogP contribution in [0.5, 0.6) is 11.5 Å². The van der Waals surface area contributed by atoms with Crippen molar-refractivity contribution in [2.75, 3.05) is 11.9 Å². The standard InChI is InChI=1S/C30H25ClN2O3/c1-3-35-29-17-21(16-24(18-32)30(34)33-27-13-7-12-26(31)20(27)2)14-15-28(29)36-19-23-10-6-9-22-8-4-5-11-25(22)23/h4-17H,3,19H2,1-2H3,(H,33,34)/b24-16+. The number of hydrogen-bond donors (Lipinski definition) is 1. The second-order valence-corrected chi connectivity index (χ2v) is 8.51. The molecule has 0 aliphatic heterocycles. The highest BCUT2D eigenvalue weighted by atomic mass is 35.5. The molecule has 0 heterocycles. The highest BCUT2D eigenvalue weighted by Crippen LogP contribution is 2.31. The van der Waals surface area contributed by atoms with Crippen LogP contribution in [0.2, 0.25) is 5.02 Å². The summed E-state index contributed by atoms with van der Waals surface area (Å²) in [4.78, 5) is 12.8. The summed E-state index contributed by atoms with van der Waals surface area (Å²) < 4.78 is 11.9. The number of ether oxygens (including phenoxy) is 2. The Kier molecular flexibility index (Phi) is 7.89. The van der Waals surface area contributed by atoms with Crippen molar-refractivity contribution < 1.29 is 14.3 Å². The maximum absolute atomic E-state index is 12.8. The molecule has 180 valence electrons. The van der Waals surface area contributed by atoms with Crippen LogP contribution in [0.3, 0.4) is 0 Å². The molecule has 1 amide bonds. The molecule has 4 aromatic carbocycles. The summed E-state index contributed by atoms with van der Waals surface area (Å²) >= 11 is 6.14. The largest absolute Gasteiger partial charge is 0.490 e. The summed E-state index contributed by atoms with van der Waals surface area (Å²) in [7, 11) is 0. The molecule has 0 unspecified atom stereocenters. The van der Waals surface area contributed by atoms with Crippen molar-refractivity contribution in [3.8, 4) is 17.6 Å². The first-order valence-corrected chi connectivity index (χ1v) is 11.9. The van der Waals surface area contributed by atoms with E-state index in [1.54, 1.807) is 43.3 Å². The second-order valence-electron chi connectivity index (χ2n) is 8.10. The Morgan fingerprint density at radius 1 is 1.00 bits per heavy atom. The third kappa shape index (κ3) is 5.68. The van der Waals surface area contributed by atoms with Gasteiger partial charge in [0.2, 0.25) is 0 Å². The Bertz CT molecular complexity index is 1480. The molecule has 0 aromatic heterocycles. The van der Waals surface area contributed by atoms with Crippen LogP contribution in [0.1, 0.15) is 23.6 Å². The molecule has 0 radical (unpaired) electrons. The molecule has 1 N–H and O–H groups in total. The first-order valence-electron chi connectivity index (χ1n) is 11.5. The van der Waals surface area contributed by atoms with Crippen molar-refractivity contribution in [2.24, 2.45) is 0 Å². The van der Waals surface area contributed by atoms with E-state index in [0.717, 1.165) is 21.9 Å². The minimum absolute atomic E-state index is 0.0405. The first-order chi connectivity index (χ1) is 17.5. The quantitative estimate of drug-likeness (QED) is 0.205. The van der Waals surface area contributed by atoms with Gasteiger partial charge in [-0.3, -0.25) is 4.79 Å². The lowest BCUT2D eigenvalue weighted by Crippen LogP contribution is -2.14. The number of benzene rings is 4. The van der Waals surface area contributed by atoms with Crippen LogP contribution in [0.25, 0.3) is 16.8 Å². The molecule has 0 saturated carbocycles. The van der Waals surface area contributed by atoms with E-state index in [9.17, 15) is 10.1 Å². The van der Waals surface area contributed by atoms with E-state index in [4.69, 9.17) is 21.1 Å². The number of amides is 1. The summed E-state index contributed by atoms with van der Waals surface area (Å²) in [6, 6.07) is 26.8. The molecular weight excluding hydrogens is 472 g/mol. The SMILES string of the molecule is CCOc1cc(/C=C(\C#N)C(=O)Nc2cccc(Cl)c2C)ccc1OCc1cccc2ccccc12. The van der Waals surface area contributed by atoms with Crippen LogP contribution in [0.4, 0.5) is 5.69 Å². The van der Waals surface area contributed by atoms with Crippen LogP contribution < -0.4 is 14.8 Å². The Morgan fingerprint density at radius 2 is 1.78 bits per heavy atom. The van der Waals surface area contributed by atoms with Crippen LogP contribution in [-0.2, 0) is 11.4 Å². The third-order valence-corrected chi connectivity index (χ3v) is 6.13. The average Bonchev–Trinajstić information content (AvgIpc) is 2.89. The lowest BCUT2D eigenvalue weighted by atomic mass is 10.1. The topological polar surface area (TPSA) is 71.3 Å². The molecule has 0 atom stereocenters. The summed E-state index contributed by atoms with van der Waals surface area (Å²) in [5.41, 5.74) is 2.96. The van der Waals surface area contributed by atoms with Crippen LogP contribution in [0, 0.1) is 18.3 Å². The fourth-order valence-electron chi connectivity index (χ4n) is 3.82. The summed E-state index contributed by atoms with van der Waals surface area (Å²) in [6.45, 7) is 4.51. The van der Waals surface area contributed by atoms with Gasteiger partial charge in [-0.1, -0.05) is 66.2 Å². The molecule has 0 aliphatic rings. The van der Waals surface area contributed by atoms with Gasteiger partial charge in [-0.25, -0.2) is 0 Å². The van der Waals surface area contributed by atoms with Crippen molar-refractivity contribution in [3.05, 3.63) is 106 Å². The summed E-state index contributed by atoms with van der Waals surface area (Å²) in [6.07, 6.45) is 1.52. The third-order valence-electron chi connectivity index (χ3n) is 5.72. The van der Waals surface area contributed by atoms with Crippen molar-refractivity contribution >= 4 is 40.0 Å². The van der Waals surface area contributed by atoms with Gasteiger partial charge in [0.05, 0.1) is 6.61 Å². The van der Waals surface area contributed by atoms with E-state index >= 15 is 0 Å². The minimum atomic E-state index is -0.517. The Hall–Kier alpha value is -4.27. The Morgan fingerprint density at radius 3 is 2.58 bits per heavy atom. The molecule has 0 saturated heterocycles. The highest BCUT2D eigenvalue weighted by molar-refractivity contribution is 6.31. The van der Waals surface area contributed by atoms with Gasteiger partial charge < -0.3 is 14.8 Å². The summed E-state index contributed by atoms with van der Waals surface area (Å²) in [5.74, 6) is 0.603. The number of rotatable bonds is 8. The number of anilines is 1. The van der Waals surface area contributed by atoms with Crippen LogP contribution in [0.15, 0.2) is 84.4 Å². The van der Waals surface area contributed by atoms with E-state index in [2.05, 4.69) is 23.5 Å². The fraction of sp³-hybridized carbons (Fsp3) is 0.133. The number of hydrogen-bond acceptors (Lipinski definition) is 4. The van der Waals surface area contributed by atoms with E-state index in [1.165, 1.54) is 6.08 Å². The molecule has 0 bridgehead atoms. The van der Waals surface area contributed by atoms with E-state index in [-0.39, 0.29) is 5.57 Å². The Balaban J connectivity index is 1.55. The van der Waals surface area contributed by atoms with Gasteiger partial charge in [0, 0.05) is 10.7 Å². The molecule has 5 nitrogen and oxygen atoms in total. The van der Waals surface area contributed by atoms with Crippen molar-refractivity contribution in [1.29, 1.82) is 5.26 Å². The van der Waals surface area contributed by atoms with Gasteiger partial charge in [0.25, 0.3) is 5.91 Å². The van der Waals surface area contributed by atoms with Gasteiger partial charge in [-0.15, -0.1) is 0 Å². The van der Waals surface area contributed by atoms with E-state index in [1.807, 2.05) is 37.3 Å². The minimum Gasteiger partial charge on any atom is -0.490 e. The average molecular weight is 497 g/mol. The molecule has 36 heavy (non-hydrogen) atoms. The number of nitrogens with zero attached hydrogens (tertiary/aromatic N) is 1. The second kappa shape index (κ2) is 11.4. The number of nitrogens with one attached hydrogen (secondary N) is 1. The normalized spacial score (nSPS) is 11.1. The molecule has 4 rings (SSSR count). The monoisotopic (exact) mass is 496 g/mol. The zero-order valence-electron chi connectivity index (χ0n) is 20.0. The predicted molar refractivity (Wildman–Crippen MR) is 144 cm³/mol. The molecular formula is C30H25ClN2O3. The number of halogens is 1. The molecule has 0 spiro atoms. The highest BCUT2D eigenvalue weighted by Gasteiger charge is 2.13. The van der Waals surface area contributed by atoms with Gasteiger partial charge in [0.15, 0.2) is 11.5 Å². The molecule has 4 aromatic rings. The predicted octanol–water partition coefficient (Wildman–Crippen LogP) is 7.33. The fourth-order valence-corrected chi connectivity index (χ4v) is 4.00. The maximum Gasteiger partial charge on any atom is 0.266 e. The zero-order valence-corrected chi connectivity index (χ0v) is 20.8. The van der Waals surface area contributed by atoms with E-state index < -0.39 is 5.91 Å². The number of carbonyl (C=O) groups is 1. The maximum atomic E-state index is 12.8. The van der Waals surface area contributed by atoms with Gasteiger partial charge in [-0.2, -0.15) is 5.26 Å². The molecule has 0 fully saturated rings. The Labute approximate surface area is 215 Å². The first kappa shape index (κ1) is 24.8. The zero-order chi connectivity index (χ0) is 25.5. The van der Waals surface area contributed by atoms with E-state index in [0.29, 0.717) is 41.0 Å². The number of carbonyl (C=O) groups excluding carboxylic acids is 1. The van der Waals surface area contributed by atoms with Gasteiger partial charge >= 0.3 is 0 Å².